The number of rotatable bonds is 1. The molecule has 0 spiro atoms. The van der Waals surface area contributed by atoms with E-state index in [1.807, 2.05) is 6.07 Å². The molecule has 2 aromatic carbocycles. The summed E-state index contributed by atoms with van der Waals surface area (Å²) in [5.74, 6) is 0. The highest BCUT2D eigenvalue weighted by atomic mass is 14.8. The van der Waals surface area contributed by atoms with E-state index in [-0.39, 0.29) is 0 Å². The van der Waals surface area contributed by atoms with Gasteiger partial charge in [-0.25, -0.2) is 4.98 Å². The molecule has 0 aliphatic carbocycles. The minimum Gasteiger partial charge on any atom is -0.353 e. The van der Waals surface area contributed by atoms with Crippen molar-refractivity contribution in [3.63, 3.8) is 0 Å². The number of hydrogen-bond donors (Lipinski definition) is 1. The lowest BCUT2D eigenvalue weighted by Crippen LogP contribution is -1.90. The summed E-state index contributed by atoms with van der Waals surface area (Å²) in [5.41, 5.74) is 6.77. The zero-order valence-corrected chi connectivity index (χ0v) is 12.1. The maximum absolute atomic E-state index is 4.83. The lowest BCUT2D eigenvalue weighted by Gasteiger charge is -2.05. The fraction of sp³-hybridized carbons (Fsp3) is 0.105. The van der Waals surface area contributed by atoms with E-state index in [1.165, 1.54) is 21.9 Å². The molecule has 0 aliphatic rings. The van der Waals surface area contributed by atoms with Crippen LogP contribution in [0.15, 0.2) is 54.6 Å². The maximum atomic E-state index is 4.83. The third-order valence-corrected chi connectivity index (χ3v) is 3.95. The Bertz CT molecular complexity index is 964. The molecule has 0 aliphatic heterocycles. The van der Waals surface area contributed by atoms with Gasteiger partial charge < -0.3 is 4.98 Å². The van der Waals surface area contributed by atoms with Crippen LogP contribution in [-0.4, -0.2) is 9.97 Å². The van der Waals surface area contributed by atoms with Crippen molar-refractivity contribution >= 4 is 21.8 Å². The third kappa shape index (κ3) is 2.00. The SMILES string of the molecule is Cc1ccc2[nH]c(-c3nc4ccccc4cc3C)cc2c1. The number of pyridine rings is 1. The molecule has 4 rings (SSSR count). The van der Waals surface area contributed by atoms with Crippen LogP contribution in [-0.2, 0) is 0 Å². The highest BCUT2D eigenvalue weighted by Crippen LogP contribution is 2.28. The smallest absolute Gasteiger partial charge is 0.0901 e. The van der Waals surface area contributed by atoms with E-state index >= 15 is 0 Å². The second-order valence-electron chi connectivity index (χ2n) is 5.62. The van der Waals surface area contributed by atoms with Crippen molar-refractivity contribution < 1.29 is 0 Å². The van der Waals surface area contributed by atoms with Crippen molar-refractivity contribution in [2.75, 3.05) is 0 Å². The van der Waals surface area contributed by atoms with Crippen LogP contribution in [0.1, 0.15) is 11.1 Å². The number of aromatic nitrogens is 2. The predicted molar refractivity (Wildman–Crippen MR) is 88.5 cm³/mol. The summed E-state index contributed by atoms with van der Waals surface area (Å²) in [6, 6.07) is 19.1. The van der Waals surface area contributed by atoms with Crippen molar-refractivity contribution in [3.05, 3.63) is 65.7 Å². The summed E-state index contributed by atoms with van der Waals surface area (Å²) in [7, 11) is 0. The molecule has 0 saturated heterocycles. The van der Waals surface area contributed by atoms with Gasteiger partial charge in [-0.2, -0.15) is 0 Å². The third-order valence-electron chi connectivity index (χ3n) is 3.95. The second kappa shape index (κ2) is 4.45. The number of hydrogen-bond acceptors (Lipinski definition) is 1. The highest BCUT2D eigenvalue weighted by molar-refractivity contribution is 5.88. The summed E-state index contributed by atoms with van der Waals surface area (Å²) in [5, 5.41) is 2.42. The van der Waals surface area contributed by atoms with Crippen molar-refractivity contribution in [2.24, 2.45) is 0 Å². The lowest BCUT2D eigenvalue weighted by molar-refractivity contribution is 1.29. The van der Waals surface area contributed by atoms with Gasteiger partial charge in [0.15, 0.2) is 0 Å². The van der Waals surface area contributed by atoms with Crippen LogP contribution < -0.4 is 0 Å². The Hall–Kier alpha value is -2.61. The van der Waals surface area contributed by atoms with E-state index in [9.17, 15) is 0 Å². The van der Waals surface area contributed by atoms with Gasteiger partial charge in [0.2, 0.25) is 0 Å². The molecule has 2 aromatic heterocycles. The van der Waals surface area contributed by atoms with Gasteiger partial charge in [0.1, 0.15) is 0 Å². The molecule has 0 fully saturated rings. The van der Waals surface area contributed by atoms with E-state index in [0.29, 0.717) is 0 Å². The Balaban J connectivity index is 1.96. The quantitative estimate of drug-likeness (QED) is 0.519. The first-order valence-electron chi connectivity index (χ1n) is 7.17. The molecule has 2 heteroatoms. The van der Waals surface area contributed by atoms with E-state index in [1.54, 1.807) is 0 Å². The molecule has 0 atom stereocenters. The number of aryl methyl sites for hydroxylation is 2. The van der Waals surface area contributed by atoms with E-state index < -0.39 is 0 Å². The highest BCUT2D eigenvalue weighted by Gasteiger charge is 2.09. The van der Waals surface area contributed by atoms with Crippen LogP contribution in [0.2, 0.25) is 0 Å². The van der Waals surface area contributed by atoms with Crippen molar-refractivity contribution in [3.8, 4) is 11.4 Å². The molecule has 21 heavy (non-hydrogen) atoms. The van der Waals surface area contributed by atoms with Gasteiger partial charge in [0.25, 0.3) is 0 Å². The number of para-hydroxylation sites is 1. The molecule has 1 N–H and O–H groups in total. The van der Waals surface area contributed by atoms with Crippen LogP contribution in [0.25, 0.3) is 33.2 Å². The first-order valence-corrected chi connectivity index (χ1v) is 7.17. The van der Waals surface area contributed by atoms with E-state index in [0.717, 1.165) is 22.4 Å². The topological polar surface area (TPSA) is 28.7 Å². The summed E-state index contributed by atoms with van der Waals surface area (Å²) in [6.45, 7) is 4.23. The number of H-pyrrole nitrogens is 1. The molecule has 0 amide bonds. The number of aromatic amines is 1. The Morgan fingerprint density at radius 2 is 1.71 bits per heavy atom. The Morgan fingerprint density at radius 3 is 2.62 bits per heavy atom. The van der Waals surface area contributed by atoms with Crippen LogP contribution in [0.4, 0.5) is 0 Å². The molecule has 0 saturated carbocycles. The number of nitrogens with one attached hydrogen (secondary N) is 1. The van der Waals surface area contributed by atoms with Gasteiger partial charge in [-0.1, -0.05) is 29.8 Å². The van der Waals surface area contributed by atoms with Gasteiger partial charge in [0, 0.05) is 16.3 Å². The minimum atomic E-state index is 1.03. The summed E-state index contributed by atoms with van der Waals surface area (Å²) >= 11 is 0. The molecule has 0 unspecified atom stereocenters. The van der Waals surface area contributed by atoms with Crippen molar-refractivity contribution in [2.45, 2.75) is 13.8 Å². The average molecular weight is 272 g/mol. The van der Waals surface area contributed by atoms with E-state index in [4.69, 9.17) is 4.98 Å². The Kier molecular flexibility index (Phi) is 2.58. The first kappa shape index (κ1) is 12.2. The van der Waals surface area contributed by atoms with Gasteiger partial charge in [-0.05, 0) is 49.7 Å². The number of benzene rings is 2. The zero-order valence-electron chi connectivity index (χ0n) is 12.1. The summed E-state index contributed by atoms with van der Waals surface area (Å²) in [6.07, 6.45) is 0. The number of nitrogens with zero attached hydrogens (tertiary/aromatic N) is 1. The maximum Gasteiger partial charge on any atom is 0.0901 e. The van der Waals surface area contributed by atoms with Crippen LogP contribution in [0.3, 0.4) is 0 Å². The Labute approximate surface area is 123 Å². The second-order valence-corrected chi connectivity index (χ2v) is 5.62. The van der Waals surface area contributed by atoms with Crippen LogP contribution in [0, 0.1) is 13.8 Å². The fourth-order valence-electron chi connectivity index (χ4n) is 2.87. The standard InChI is InChI=1S/C19H16N2/c1-12-7-8-17-15(9-12)11-18(20-17)19-13(2)10-14-5-3-4-6-16(14)21-19/h3-11,20H,1-2H3. The Morgan fingerprint density at radius 1 is 0.857 bits per heavy atom. The molecule has 4 aromatic rings. The lowest BCUT2D eigenvalue weighted by atomic mass is 10.1. The number of fused-ring (bicyclic) bond motifs is 2. The van der Waals surface area contributed by atoms with Gasteiger partial charge in [-0.15, -0.1) is 0 Å². The van der Waals surface area contributed by atoms with Crippen molar-refractivity contribution in [1.29, 1.82) is 0 Å². The van der Waals surface area contributed by atoms with Crippen molar-refractivity contribution in [1.82, 2.24) is 9.97 Å². The molecule has 2 heterocycles. The molecule has 0 radical (unpaired) electrons. The largest absolute Gasteiger partial charge is 0.353 e. The van der Waals surface area contributed by atoms with Gasteiger partial charge >= 0.3 is 0 Å². The minimum absolute atomic E-state index is 1.03. The zero-order chi connectivity index (χ0) is 14.4. The molecule has 0 bridgehead atoms. The van der Waals surface area contributed by atoms with Gasteiger partial charge in [0.05, 0.1) is 16.9 Å². The molecular weight excluding hydrogens is 256 g/mol. The van der Waals surface area contributed by atoms with E-state index in [2.05, 4.69) is 67.4 Å². The predicted octanol–water partition coefficient (Wildman–Crippen LogP) is 5.00. The van der Waals surface area contributed by atoms with Crippen LogP contribution in [0.5, 0.6) is 0 Å². The van der Waals surface area contributed by atoms with Gasteiger partial charge in [-0.3, -0.25) is 0 Å². The first-order chi connectivity index (χ1) is 10.2. The average Bonchev–Trinajstić information content (AvgIpc) is 2.89. The summed E-state index contributed by atoms with van der Waals surface area (Å²) < 4.78 is 0. The normalized spacial score (nSPS) is 11.3. The fourth-order valence-corrected chi connectivity index (χ4v) is 2.87. The molecule has 102 valence electrons. The molecular formula is C19H16N2. The monoisotopic (exact) mass is 272 g/mol. The van der Waals surface area contributed by atoms with Crippen LogP contribution >= 0.6 is 0 Å². The summed E-state index contributed by atoms with van der Waals surface area (Å²) in [4.78, 5) is 8.31. The molecule has 2 nitrogen and oxygen atoms in total.